The van der Waals surface area contributed by atoms with E-state index < -0.39 is 0 Å². The minimum absolute atomic E-state index is 0.136. The van der Waals surface area contributed by atoms with Crippen molar-refractivity contribution in [1.82, 2.24) is 14.7 Å². The molecule has 1 aromatic heterocycles. The van der Waals surface area contributed by atoms with E-state index >= 15 is 0 Å². The third-order valence-corrected chi connectivity index (χ3v) is 4.03. The quantitative estimate of drug-likeness (QED) is 0.867. The normalized spacial score (nSPS) is 21.9. The molecule has 0 saturated carbocycles. The van der Waals surface area contributed by atoms with E-state index in [1.54, 1.807) is 11.8 Å². The highest BCUT2D eigenvalue weighted by molar-refractivity contribution is 5.34. The molecule has 0 aliphatic carbocycles. The molecule has 1 aliphatic rings. The van der Waals surface area contributed by atoms with Crippen LogP contribution in [0, 0.1) is 6.92 Å². The Balaban J connectivity index is 2.28. The van der Waals surface area contributed by atoms with Crippen LogP contribution in [-0.4, -0.2) is 54.1 Å². The van der Waals surface area contributed by atoms with Gasteiger partial charge in [0.2, 0.25) is 5.88 Å². The molecular formula is C14H26N4O2. The van der Waals surface area contributed by atoms with Gasteiger partial charge in [-0.25, -0.2) is 4.68 Å². The van der Waals surface area contributed by atoms with E-state index in [1.807, 2.05) is 14.0 Å². The first-order valence-electron chi connectivity index (χ1n) is 7.25. The number of morpholine rings is 1. The highest BCUT2D eigenvalue weighted by Gasteiger charge is 2.30. The summed E-state index contributed by atoms with van der Waals surface area (Å²) >= 11 is 0. The van der Waals surface area contributed by atoms with Gasteiger partial charge < -0.3 is 15.2 Å². The number of aromatic nitrogens is 2. The van der Waals surface area contributed by atoms with Crippen molar-refractivity contribution < 1.29 is 9.47 Å². The fourth-order valence-electron chi connectivity index (χ4n) is 3.00. The molecule has 2 atom stereocenters. The molecule has 2 unspecified atom stereocenters. The molecule has 1 saturated heterocycles. The number of aryl methyl sites for hydroxylation is 2. The minimum atomic E-state index is 0.136. The van der Waals surface area contributed by atoms with Gasteiger partial charge in [0.1, 0.15) is 0 Å². The number of nitrogens with two attached hydrogens (primary N) is 1. The summed E-state index contributed by atoms with van der Waals surface area (Å²) in [7, 11) is 3.58. The van der Waals surface area contributed by atoms with E-state index in [0.717, 1.165) is 43.3 Å². The topological polar surface area (TPSA) is 65.5 Å². The van der Waals surface area contributed by atoms with Crippen LogP contribution < -0.4 is 10.5 Å². The van der Waals surface area contributed by atoms with Gasteiger partial charge in [-0.05, 0) is 13.3 Å². The Morgan fingerprint density at radius 1 is 1.55 bits per heavy atom. The first-order valence-corrected chi connectivity index (χ1v) is 7.25. The largest absolute Gasteiger partial charge is 0.481 e. The molecule has 0 radical (unpaired) electrons. The Labute approximate surface area is 120 Å². The fourth-order valence-corrected chi connectivity index (χ4v) is 3.00. The third-order valence-electron chi connectivity index (χ3n) is 4.03. The summed E-state index contributed by atoms with van der Waals surface area (Å²) < 4.78 is 13.0. The van der Waals surface area contributed by atoms with E-state index in [1.165, 1.54) is 0 Å². The lowest BCUT2D eigenvalue weighted by atomic mass is 10.0. The summed E-state index contributed by atoms with van der Waals surface area (Å²) in [5.41, 5.74) is 8.14. The molecule has 6 heteroatoms. The summed E-state index contributed by atoms with van der Waals surface area (Å²) in [4.78, 5) is 2.39. The summed E-state index contributed by atoms with van der Waals surface area (Å²) in [6, 6.07) is 0.136. The van der Waals surface area contributed by atoms with Crippen LogP contribution in [-0.2, 0) is 11.8 Å². The van der Waals surface area contributed by atoms with Crippen LogP contribution in [0.4, 0.5) is 0 Å². The first kappa shape index (κ1) is 15.3. The van der Waals surface area contributed by atoms with Crippen molar-refractivity contribution in [3.63, 3.8) is 0 Å². The highest BCUT2D eigenvalue weighted by atomic mass is 16.5. The number of hydrogen-bond acceptors (Lipinski definition) is 5. The van der Waals surface area contributed by atoms with Gasteiger partial charge in [0.05, 0.1) is 37.1 Å². The van der Waals surface area contributed by atoms with Crippen molar-refractivity contribution in [3.8, 4) is 5.88 Å². The predicted octanol–water partition coefficient (Wildman–Crippen LogP) is 0.848. The lowest BCUT2D eigenvalue weighted by Gasteiger charge is -2.37. The lowest BCUT2D eigenvalue weighted by Crippen LogP contribution is -2.46. The smallest absolute Gasteiger partial charge is 0.216 e. The monoisotopic (exact) mass is 282 g/mol. The second-order valence-electron chi connectivity index (χ2n) is 5.28. The summed E-state index contributed by atoms with van der Waals surface area (Å²) in [5, 5.41) is 4.46. The van der Waals surface area contributed by atoms with Gasteiger partial charge >= 0.3 is 0 Å². The van der Waals surface area contributed by atoms with Gasteiger partial charge in [0.15, 0.2) is 0 Å². The molecule has 20 heavy (non-hydrogen) atoms. The zero-order valence-electron chi connectivity index (χ0n) is 12.9. The van der Waals surface area contributed by atoms with Gasteiger partial charge in [-0.1, -0.05) is 6.92 Å². The molecule has 114 valence electrons. The zero-order valence-corrected chi connectivity index (χ0v) is 12.9. The Kier molecular flexibility index (Phi) is 5.01. The number of rotatable bonds is 5. The van der Waals surface area contributed by atoms with Crippen LogP contribution in [0.5, 0.6) is 5.88 Å². The summed E-state index contributed by atoms with van der Waals surface area (Å²) in [5.74, 6) is 0.803. The highest BCUT2D eigenvalue weighted by Crippen LogP contribution is 2.32. The fraction of sp³-hybridized carbons (Fsp3) is 0.786. The van der Waals surface area contributed by atoms with E-state index in [2.05, 4.69) is 16.9 Å². The second-order valence-corrected chi connectivity index (χ2v) is 5.28. The predicted molar refractivity (Wildman–Crippen MR) is 77.9 cm³/mol. The number of methoxy groups -OCH3 is 1. The van der Waals surface area contributed by atoms with Crippen LogP contribution in [0.2, 0.25) is 0 Å². The number of nitrogens with zero attached hydrogens (tertiary/aromatic N) is 3. The number of hydrogen-bond donors (Lipinski definition) is 1. The average molecular weight is 282 g/mol. The maximum absolute atomic E-state index is 6.05. The Morgan fingerprint density at radius 2 is 2.30 bits per heavy atom. The molecule has 1 aromatic rings. The molecule has 0 spiro atoms. The van der Waals surface area contributed by atoms with E-state index in [0.29, 0.717) is 12.6 Å². The third kappa shape index (κ3) is 2.82. The Hall–Kier alpha value is -1.11. The van der Waals surface area contributed by atoms with Crippen molar-refractivity contribution in [1.29, 1.82) is 0 Å². The molecule has 0 bridgehead atoms. The van der Waals surface area contributed by atoms with Crippen molar-refractivity contribution in [2.75, 3.05) is 33.4 Å². The van der Waals surface area contributed by atoms with Crippen LogP contribution >= 0.6 is 0 Å². The van der Waals surface area contributed by atoms with Gasteiger partial charge in [0.25, 0.3) is 0 Å². The molecule has 2 N–H and O–H groups in total. The molecular weight excluding hydrogens is 256 g/mol. The minimum Gasteiger partial charge on any atom is -0.481 e. The molecule has 1 fully saturated rings. The van der Waals surface area contributed by atoms with E-state index in [4.69, 9.17) is 15.2 Å². The molecule has 1 aliphatic heterocycles. The summed E-state index contributed by atoms with van der Waals surface area (Å²) in [6.45, 7) is 7.29. The SMILES string of the molecule is CCC1CN(C(CN)c2c(C)nn(C)c2OC)CCO1. The lowest BCUT2D eigenvalue weighted by molar-refractivity contribution is -0.0440. The molecule has 2 heterocycles. The Bertz CT molecular complexity index is 447. The zero-order chi connectivity index (χ0) is 14.7. The van der Waals surface area contributed by atoms with Gasteiger partial charge in [-0.3, -0.25) is 4.90 Å². The van der Waals surface area contributed by atoms with Crippen LogP contribution in [0.1, 0.15) is 30.6 Å². The molecule has 0 amide bonds. The van der Waals surface area contributed by atoms with Gasteiger partial charge in [0, 0.05) is 26.7 Å². The van der Waals surface area contributed by atoms with Crippen molar-refractivity contribution in [2.45, 2.75) is 32.4 Å². The van der Waals surface area contributed by atoms with Gasteiger partial charge in [-0.15, -0.1) is 0 Å². The van der Waals surface area contributed by atoms with Crippen LogP contribution in [0.25, 0.3) is 0 Å². The maximum Gasteiger partial charge on any atom is 0.216 e. The number of ether oxygens (including phenoxy) is 2. The first-order chi connectivity index (χ1) is 9.62. The Morgan fingerprint density at radius 3 is 2.90 bits per heavy atom. The van der Waals surface area contributed by atoms with Crippen LogP contribution in [0.3, 0.4) is 0 Å². The van der Waals surface area contributed by atoms with Crippen LogP contribution in [0.15, 0.2) is 0 Å². The maximum atomic E-state index is 6.05. The van der Waals surface area contributed by atoms with Crippen molar-refractivity contribution in [2.24, 2.45) is 12.8 Å². The molecule has 0 aromatic carbocycles. The summed E-state index contributed by atoms with van der Waals surface area (Å²) in [6.07, 6.45) is 1.32. The van der Waals surface area contributed by atoms with Crippen molar-refractivity contribution >= 4 is 0 Å². The average Bonchev–Trinajstić information content (AvgIpc) is 2.74. The second kappa shape index (κ2) is 6.56. The molecule has 2 rings (SSSR count). The van der Waals surface area contributed by atoms with Crippen molar-refractivity contribution in [3.05, 3.63) is 11.3 Å². The van der Waals surface area contributed by atoms with E-state index in [9.17, 15) is 0 Å². The van der Waals surface area contributed by atoms with E-state index in [-0.39, 0.29) is 6.04 Å². The standard InChI is InChI=1S/C14H26N4O2/c1-5-11-9-18(6-7-20-11)12(8-15)13-10(2)16-17(3)14(13)19-4/h11-12H,5-9,15H2,1-4H3. The van der Waals surface area contributed by atoms with Gasteiger partial charge in [-0.2, -0.15) is 5.10 Å². The molecule has 6 nitrogen and oxygen atoms in total.